The minimum Gasteiger partial charge on any atom is -0.481 e. The molecule has 1 aliphatic carbocycles. The molecule has 176 valence electrons. The maximum absolute atomic E-state index is 13.3. The molecule has 2 heterocycles. The highest BCUT2D eigenvalue weighted by atomic mass is 19.2. The molecule has 1 saturated heterocycles. The van der Waals surface area contributed by atoms with Crippen molar-refractivity contribution in [1.29, 1.82) is 0 Å². The van der Waals surface area contributed by atoms with Crippen molar-refractivity contribution >= 4 is 35.0 Å². The number of anilines is 4. The number of carboxylic acid groups (broad SMARTS) is 1. The monoisotopic (exact) mass is 469 g/mol. The summed E-state index contributed by atoms with van der Waals surface area (Å²) in [5.74, 6) is -3.83. The molecule has 1 unspecified atom stereocenters. The predicted molar refractivity (Wildman–Crippen MR) is 118 cm³/mol. The molecular formula is C23H21F2N5O4. The molecule has 1 aromatic heterocycles. The molecule has 1 aliphatic heterocycles. The van der Waals surface area contributed by atoms with Crippen molar-refractivity contribution in [2.45, 2.75) is 19.3 Å². The van der Waals surface area contributed by atoms with Gasteiger partial charge in [-0.1, -0.05) is 5.10 Å². The second-order valence-electron chi connectivity index (χ2n) is 8.61. The molecule has 0 bridgehead atoms. The van der Waals surface area contributed by atoms with Crippen LogP contribution in [0.4, 0.5) is 31.9 Å². The number of benzene rings is 2. The Balaban J connectivity index is 1.16. The molecule has 1 saturated carbocycles. The minimum absolute atomic E-state index is 0.0289. The van der Waals surface area contributed by atoms with Crippen LogP contribution in [0.2, 0.25) is 0 Å². The molecule has 2 aliphatic rings. The number of nitrogens with one attached hydrogen (secondary N) is 2. The zero-order chi connectivity index (χ0) is 23.9. The summed E-state index contributed by atoms with van der Waals surface area (Å²) in [5, 5.41) is 21.9. The quantitative estimate of drug-likeness (QED) is 0.495. The van der Waals surface area contributed by atoms with E-state index in [4.69, 9.17) is 4.42 Å². The van der Waals surface area contributed by atoms with Gasteiger partial charge in [-0.05, 0) is 61.1 Å². The van der Waals surface area contributed by atoms with Crippen LogP contribution in [0.1, 0.15) is 29.9 Å². The number of halogens is 2. The van der Waals surface area contributed by atoms with Crippen molar-refractivity contribution < 1.29 is 27.9 Å². The van der Waals surface area contributed by atoms with E-state index < -0.39 is 23.5 Å². The van der Waals surface area contributed by atoms with Crippen molar-refractivity contribution in [3.05, 3.63) is 60.0 Å². The third-order valence-electron chi connectivity index (χ3n) is 6.53. The molecule has 1 amide bonds. The average Bonchev–Trinajstić information content (AvgIpc) is 3.32. The van der Waals surface area contributed by atoms with E-state index in [1.165, 1.54) is 6.07 Å². The molecular weight excluding hydrogens is 448 g/mol. The third-order valence-corrected chi connectivity index (χ3v) is 6.53. The summed E-state index contributed by atoms with van der Waals surface area (Å²) >= 11 is 0. The van der Waals surface area contributed by atoms with Crippen molar-refractivity contribution in [3.8, 4) is 0 Å². The van der Waals surface area contributed by atoms with E-state index in [0.717, 1.165) is 50.2 Å². The molecule has 2 aromatic carbocycles. The number of hydrogen-bond acceptors (Lipinski definition) is 7. The first-order valence-corrected chi connectivity index (χ1v) is 10.8. The molecule has 5 rings (SSSR count). The summed E-state index contributed by atoms with van der Waals surface area (Å²) in [5.41, 5.74) is 1.69. The Labute approximate surface area is 192 Å². The SMILES string of the molecule is O=C(Nc1ccc(N2CCC3(CC2)CC3C(=O)O)cc1)c1nnc(Nc2ccc(F)c(F)c2)o1. The fourth-order valence-corrected chi connectivity index (χ4v) is 4.46. The molecule has 0 radical (unpaired) electrons. The van der Waals surface area contributed by atoms with Gasteiger partial charge in [-0.2, -0.15) is 0 Å². The van der Waals surface area contributed by atoms with E-state index >= 15 is 0 Å². The minimum atomic E-state index is -1.04. The van der Waals surface area contributed by atoms with Gasteiger partial charge in [0, 0.05) is 36.2 Å². The second kappa shape index (κ2) is 8.40. The van der Waals surface area contributed by atoms with Gasteiger partial charge in [-0.15, -0.1) is 5.10 Å². The Morgan fingerprint density at radius 1 is 1.03 bits per heavy atom. The molecule has 1 atom stereocenters. The smallest absolute Gasteiger partial charge is 0.320 e. The topological polar surface area (TPSA) is 121 Å². The van der Waals surface area contributed by atoms with E-state index in [1.807, 2.05) is 12.1 Å². The molecule has 34 heavy (non-hydrogen) atoms. The summed E-state index contributed by atoms with van der Waals surface area (Å²) in [6.07, 6.45) is 2.50. The lowest BCUT2D eigenvalue weighted by atomic mass is 9.90. The number of carboxylic acids is 1. The van der Waals surface area contributed by atoms with Gasteiger partial charge < -0.3 is 25.1 Å². The summed E-state index contributed by atoms with van der Waals surface area (Å²) in [6, 6.07) is 10.3. The second-order valence-corrected chi connectivity index (χ2v) is 8.61. The van der Waals surface area contributed by atoms with E-state index in [0.29, 0.717) is 5.69 Å². The number of carbonyl (C=O) groups excluding carboxylic acids is 1. The van der Waals surface area contributed by atoms with Crippen LogP contribution in [0.5, 0.6) is 0 Å². The predicted octanol–water partition coefficient (Wildman–Crippen LogP) is 4.03. The Morgan fingerprint density at radius 3 is 2.38 bits per heavy atom. The normalized spacial score (nSPS) is 18.5. The number of nitrogens with zero attached hydrogens (tertiary/aromatic N) is 3. The van der Waals surface area contributed by atoms with Gasteiger partial charge in [0.2, 0.25) is 0 Å². The first-order valence-electron chi connectivity index (χ1n) is 10.8. The molecule has 11 heteroatoms. The van der Waals surface area contributed by atoms with Gasteiger partial charge in [0.15, 0.2) is 11.6 Å². The fourth-order valence-electron chi connectivity index (χ4n) is 4.46. The number of amides is 1. The maximum Gasteiger partial charge on any atom is 0.320 e. The molecule has 1 spiro atoms. The van der Waals surface area contributed by atoms with E-state index in [-0.39, 0.29) is 28.9 Å². The largest absolute Gasteiger partial charge is 0.481 e. The summed E-state index contributed by atoms with van der Waals surface area (Å²) < 4.78 is 31.6. The average molecular weight is 469 g/mol. The molecule has 2 fully saturated rings. The Morgan fingerprint density at radius 2 is 1.74 bits per heavy atom. The maximum atomic E-state index is 13.3. The lowest BCUT2D eigenvalue weighted by Gasteiger charge is -2.34. The van der Waals surface area contributed by atoms with E-state index in [9.17, 15) is 23.5 Å². The summed E-state index contributed by atoms with van der Waals surface area (Å²) in [7, 11) is 0. The lowest BCUT2D eigenvalue weighted by molar-refractivity contribution is -0.139. The van der Waals surface area contributed by atoms with E-state index in [2.05, 4.69) is 25.7 Å². The van der Waals surface area contributed by atoms with Crippen LogP contribution in [0.3, 0.4) is 0 Å². The zero-order valence-electron chi connectivity index (χ0n) is 17.9. The van der Waals surface area contributed by atoms with Gasteiger partial charge in [-0.25, -0.2) is 8.78 Å². The number of piperidine rings is 1. The number of rotatable bonds is 6. The van der Waals surface area contributed by atoms with Crippen molar-refractivity contribution in [1.82, 2.24) is 10.2 Å². The summed E-state index contributed by atoms with van der Waals surface area (Å²) in [4.78, 5) is 25.9. The van der Waals surface area contributed by atoms with Crippen molar-refractivity contribution in [2.75, 3.05) is 28.6 Å². The Hall–Kier alpha value is -4.02. The van der Waals surface area contributed by atoms with Gasteiger partial charge in [0.05, 0.1) is 5.92 Å². The number of aromatic nitrogens is 2. The van der Waals surface area contributed by atoms with Crippen LogP contribution >= 0.6 is 0 Å². The van der Waals surface area contributed by atoms with Crippen LogP contribution in [0, 0.1) is 23.0 Å². The van der Waals surface area contributed by atoms with Gasteiger partial charge >= 0.3 is 23.8 Å². The van der Waals surface area contributed by atoms with Crippen LogP contribution in [0.15, 0.2) is 46.9 Å². The fraction of sp³-hybridized carbons (Fsp3) is 0.304. The van der Waals surface area contributed by atoms with Gasteiger partial charge in [-0.3, -0.25) is 9.59 Å². The summed E-state index contributed by atoms with van der Waals surface area (Å²) in [6.45, 7) is 1.59. The van der Waals surface area contributed by atoms with Gasteiger partial charge in [0.25, 0.3) is 0 Å². The van der Waals surface area contributed by atoms with Crippen molar-refractivity contribution in [3.63, 3.8) is 0 Å². The molecule has 3 aromatic rings. The highest BCUT2D eigenvalue weighted by Gasteiger charge is 2.58. The number of hydrogen-bond donors (Lipinski definition) is 3. The first-order chi connectivity index (χ1) is 16.3. The third kappa shape index (κ3) is 4.28. The van der Waals surface area contributed by atoms with Crippen LogP contribution in [-0.2, 0) is 4.79 Å². The van der Waals surface area contributed by atoms with E-state index in [1.54, 1.807) is 12.1 Å². The van der Waals surface area contributed by atoms with Crippen molar-refractivity contribution in [2.24, 2.45) is 11.3 Å². The zero-order valence-corrected chi connectivity index (χ0v) is 17.9. The van der Waals surface area contributed by atoms with Crippen LogP contribution in [-0.4, -0.2) is 40.3 Å². The number of carbonyl (C=O) groups is 2. The molecule has 3 N–H and O–H groups in total. The molecule has 9 nitrogen and oxygen atoms in total. The first kappa shape index (κ1) is 21.8. The Bertz CT molecular complexity index is 1240. The van der Waals surface area contributed by atoms with Crippen LogP contribution < -0.4 is 15.5 Å². The Kier molecular flexibility index (Phi) is 5.39. The van der Waals surface area contributed by atoms with Gasteiger partial charge in [0.1, 0.15) is 0 Å². The highest BCUT2D eigenvalue weighted by molar-refractivity contribution is 6.01. The lowest BCUT2D eigenvalue weighted by Crippen LogP contribution is -2.35. The highest BCUT2D eigenvalue weighted by Crippen LogP contribution is 2.59. The van der Waals surface area contributed by atoms with Crippen LogP contribution in [0.25, 0.3) is 0 Å². The number of aliphatic carboxylic acids is 1. The standard InChI is InChI=1S/C23H21F2N5O4/c24-17-6-3-14(11-18(17)25)27-22-29-28-20(34-22)19(31)26-13-1-4-15(5-2-13)30-9-7-23(8-10-30)12-16(23)21(32)33/h1-6,11,16H,7-10,12H2,(H,26,31)(H,27,29)(H,32,33).